The summed E-state index contributed by atoms with van der Waals surface area (Å²) in [4.78, 5) is 14.5. The number of hydrogen-bond acceptors (Lipinski definition) is 3. The van der Waals surface area contributed by atoms with Gasteiger partial charge in [0.2, 0.25) is 5.91 Å². The molecule has 2 saturated heterocycles. The van der Waals surface area contributed by atoms with Gasteiger partial charge in [-0.1, -0.05) is 17.7 Å². The molecule has 2 aliphatic rings. The largest absolute Gasteiger partial charge is 0.369 e. The first kappa shape index (κ1) is 22.4. The van der Waals surface area contributed by atoms with Crippen LogP contribution in [0.1, 0.15) is 32.1 Å². The third-order valence-electron chi connectivity index (χ3n) is 4.97. The summed E-state index contributed by atoms with van der Waals surface area (Å²) in [6.07, 6.45) is 5.11. The molecule has 2 fully saturated rings. The van der Waals surface area contributed by atoms with Gasteiger partial charge in [0.1, 0.15) is 0 Å². The maximum absolute atomic E-state index is 12.2. The Balaban J connectivity index is 0.00000156. The van der Waals surface area contributed by atoms with E-state index in [1.165, 1.54) is 12.8 Å². The van der Waals surface area contributed by atoms with Crippen LogP contribution in [0.25, 0.3) is 0 Å². The molecule has 3 rings (SSSR count). The molecule has 2 N–H and O–H groups in total. The molecule has 0 aromatic heterocycles. The minimum Gasteiger partial charge on any atom is -0.369 e. The number of amides is 1. The van der Waals surface area contributed by atoms with Crippen LogP contribution in [0.3, 0.4) is 0 Å². The van der Waals surface area contributed by atoms with E-state index in [0.29, 0.717) is 12.3 Å². The van der Waals surface area contributed by atoms with Gasteiger partial charge in [-0.05, 0) is 62.9 Å². The molecule has 25 heavy (non-hydrogen) atoms. The van der Waals surface area contributed by atoms with E-state index in [4.69, 9.17) is 11.6 Å². The number of nitrogens with one attached hydrogen (secondary N) is 2. The predicted octanol–water partition coefficient (Wildman–Crippen LogP) is 3.66. The van der Waals surface area contributed by atoms with Crippen LogP contribution in [0.5, 0.6) is 0 Å². The molecule has 1 aromatic carbocycles. The second kappa shape index (κ2) is 11.1. The van der Waals surface area contributed by atoms with Crippen molar-refractivity contribution in [3.63, 3.8) is 0 Å². The van der Waals surface area contributed by atoms with Crippen LogP contribution in [0, 0.1) is 5.92 Å². The van der Waals surface area contributed by atoms with Crippen LogP contribution in [0.4, 0.5) is 5.69 Å². The van der Waals surface area contributed by atoms with E-state index in [-0.39, 0.29) is 36.8 Å². The number of carbonyl (C=O) groups excluding carboxylic acids is 1. The Morgan fingerprint density at radius 1 is 1.24 bits per heavy atom. The second-order valence-electron chi connectivity index (χ2n) is 6.71. The van der Waals surface area contributed by atoms with E-state index in [1.54, 1.807) is 0 Å². The minimum atomic E-state index is 0. The van der Waals surface area contributed by atoms with E-state index < -0.39 is 0 Å². The highest BCUT2D eigenvalue weighted by Gasteiger charge is 2.24. The number of halogens is 3. The summed E-state index contributed by atoms with van der Waals surface area (Å²) in [6, 6.07) is 8.19. The summed E-state index contributed by atoms with van der Waals surface area (Å²) in [5, 5.41) is 7.33. The lowest BCUT2D eigenvalue weighted by atomic mass is 9.93. The Hall–Kier alpha value is -0.680. The Labute approximate surface area is 167 Å². The molecule has 1 unspecified atom stereocenters. The number of piperidine rings is 1. The summed E-state index contributed by atoms with van der Waals surface area (Å²) in [5.41, 5.74) is 1.14. The fourth-order valence-electron chi connectivity index (χ4n) is 3.59. The number of carbonyl (C=O) groups is 1. The zero-order chi connectivity index (χ0) is 16.1. The number of benzene rings is 1. The fourth-order valence-corrected chi connectivity index (χ4v) is 3.78. The average Bonchev–Trinajstić information content (AvgIpc) is 3.02. The number of rotatable bonds is 5. The highest BCUT2D eigenvalue weighted by molar-refractivity contribution is 6.30. The van der Waals surface area contributed by atoms with Crippen molar-refractivity contribution in [3.8, 4) is 0 Å². The van der Waals surface area contributed by atoms with E-state index in [2.05, 4.69) is 21.6 Å². The van der Waals surface area contributed by atoms with Crippen molar-refractivity contribution in [2.24, 2.45) is 5.92 Å². The molecular weight excluding hydrogens is 381 g/mol. The fraction of sp³-hybridized carbons (Fsp3) is 0.611. The highest BCUT2D eigenvalue weighted by Crippen LogP contribution is 2.23. The van der Waals surface area contributed by atoms with Crippen molar-refractivity contribution in [1.29, 1.82) is 0 Å². The molecule has 0 radical (unpaired) electrons. The van der Waals surface area contributed by atoms with Gasteiger partial charge in [-0.15, -0.1) is 24.8 Å². The van der Waals surface area contributed by atoms with Gasteiger partial charge in [0.25, 0.3) is 0 Å². The Morgan fingerprint density at radius 2 is 2.00 bits per heavy atom. The molecule has 142 valence electrons. The van der Waals surface area contributed by atoms with Crippen molar-refractivity contribution in [3.05, 3.63) is 29.3 Å². The lowest BCUT2D eigenvalue weighted by molar-refractivity contribution is -0.122. The van der Waals surface area contributed by atoms with Crippen molar-refractivity contribution in [1.82, 2.24) is 10.6 Å². The van der Waals surface area contributed by atoms with Gasteiger partial charge >= 0.3 is 0 Å². The van der Waals surface area contributed by atoms with Gasteiger partial charge in [-0.25, -0.2) is 0 Å². The topological polar surface area (TPSA) is 44.4 Å². The van der Waals surface area contributed by atoms with E-state index in [0.717, 1.165) is 49.7 Å². The van der Waals surface area contributed by atoms with E-state index in [9.17, 15) is 4.79 Å². The molecule has 1 aromatic rings. The van der Waals surface area contributed by atoms with Crippen molar-refractivity contribution in [2.75, 3.05) is 31.1 Å². The minimum absolute atomic E-state index is 0. The molecule has 2 aliphatic heterocycles. The maximum Gasteiger partial charge on any atom is 0.220 e. The summed E-state index contributed by atoms with van der Waals surface area (Å²) in [6.45, 7) is 4.05. The smallest absolute Gasteiger partial charge is 0.220 e. The van der Waals surface area contributed by atoms with E-state index in [1.807, 2.05) is 18.2 Å². The van der Waals surface area contributed by atoms with Crippen LogP contribution in [-0.4, -0.2) is 38.1 Å². The van der Waals surface area contributed by atoms with E-state index >= 15 is 0 Å². The summed E-state index contributed by atoms with van der Waals surface area (Å²) in [5.74, 6) is 0.926. The second-order valence-corrected chi connectivity index (χ2v) is 7.15. The normalized spacial score (nSPS) is 20.5. The first-order valence-corrected chi connectivity index (χ1v) is 9.09. The predicted molar refractivity (Wildman–Crippen MR) is 110 cm³/mol. The van der Waals surface area contributed by atoms with Crippen LogP contribution in [0.2, 0.25) is 5.02 Å². The molecule has 1 atom stereocenters. The average molecular weight is 409 g/mol. The van der Waals surface area contributed by atoms with Crippen molar-refractivity contribution < 1.29 is 4.79 Å². The number of hydrogen-bond donors (Lipinski definition) is 2. The summed E-state index contributed by atoms with van der Waals surface area (Å²) in [7, 11) is 0. The molecule has 7 heteroatoms. The van der Waals surface area contributed by atoms with Gasteiger partial charge in [0.15, 0.2) is 0 Å². The Kier molecular flexibility index (Phi) is 9.95. The standard InChI is InChI=1S/C18H26ClN3O.2ClH/c19-15-2-1-3-17(12-15)22-11-8-16(13-22)21-18(23)5-4-14-6-9-20-10-7-14;;/h1-3,12,14,16,20H,4-11,13H2,(H,21,23);2*1H. The van der Waals surface area contributed by atoms with Crippen LogP contribution >= 0.6 is 36.4 Å². The van der Waals surface area contributed by atoms with Gasteiger partial charge < -0.3 is 15.5 Å². The van der Waals surface area contributed by atoms with Crippen LogP contribution in [-0.2, 0) is 4.79 Å². The van der Waals surface area contributed by atoms with Crippen molar-refractivity contribution in [2.45, 2.75) is 38.1 Å². The lowest BCUT2D eigenvalue weighted by Crippen LogP contribution is -2.37. The number of nitrogens with zero attached hydrogens (tertiary/aromatic N) is 1. The van der Waals surface area contributed by atoms with Gasteiger partial charge in [-0.3, -0.25) is 4.79 Å². The quantitative estimate of drug-likeness (QED) is 0.781. The SMILES string of the molecule is Cl.Cl.O=C(CCC1CCNCC1)NC1CCN(c2cccc(Cl)c2)C1. The lowest BCUT2D eigenvalue weighted by Gasteiger charge is -2.22. The van der Waals surface area contributed by atoms with Gasteiger partial charge in [0.05, 0.1) is 0 Å². The zero-order valence-corrected chi connectivity index (χ0v) is 16.8. The summed E-state index contributed by atoms with van der Waals surface area (Å²) >= 11 is 6.06. The van der Waals surface area contributed by atoms with Crippen LogP contribution in [0.15, 0.2) is 24.3 Å². The highest BCUT2D eigenvalue weighted by atomic mass is 35.5. The van der Waals surface area contributed by atoms with Crippen molar-refractivity contribution >= 4 is 48.0 Å². The monoisotopic (exact) mass is 407 g/mol. The molecule has 0 spiro atoms. The van der Waals surface area contributed by atoms with Crippen LogP contribution < -0.4 is 15.5 Å². The zero-order valence-electron chi connectivity index (χ0n) is 14.4. The van der Waals surface area contributed by atoms with Gasteiger partial charge in [0, 0.05) is 36.3 Å². The molecule has 4 nitrogen and oxygen atoms in total. The Bertz CT molecular complexity index is 538. The number of anilines is 1. The first-order valence-electron chi connectivity index (χ1n) is 8.71. The molecule has 0 bridgehead atoms. The Morgan fingerprint density at radius 3 is 2.72 bits per heavy atom. The summed E-state index contributed by atoms with van der Waals surface area (Å²) < 4.78 is 0. The molecule has 1 amide bonds. The third kappa shape index (κ3) is 6.86. The molecule has 0 aliphatic carbocycles. The maximum atomic E-state index is 12.2. The van der Waals surface area contributed by atoms with Gasteiger partial charge in [-0.2, -0.15) is 0 Å². The molecule has 0 saturated carbocycles. The third-order valence-corrected chi connectivity index (χ3v) is 5.20. The molecular formula is C18H28Cl3N3O. The molecule has 2 heterocycles. The first-order chi connectivity index (χ1) is 11.2.